The standard InChI is InChI=1S/C11H13NO3/c1-8-2-3-9(7-12-8)10(13)6-11-14-4-5-15-11/h2-3,7,11H,4-6H2,1H3. The number of nitrogens with zero attached hydrogens (tertiary/aromatic N) is 1. The van der Waals surface area contributed by atoms with Gasteiger partial charge in [-0.15, -0.1) is 0 Å². The monoisotopic (exact) mass is 207 g/mol. The first-order chi connectivity index (χ1) is 7.25. The van der Waals surface area contributed by atoms with E-state index in [1.54, 1.807) is 12.3 Å². The van der Waals surface area contributed by atoms with Gasteiger partial charge in [0.1, 0.15) is 0 Å². The highest BCUT2D eigenvalue weighted by atomic mass is 16.7. The van der Waals surface area contributed by atoms with Crippen molar-refractivity contribution >= 4 is 5.78 Å². The highest BCUT2D eigenvalue weighted by Gasteiger charge is 2.20. The number of rotatable bonds is 3. The van der Waals surface area contributed by atoms with E-state index in [0.29, 0.717) is 18.8 Å². The van der Waals surface area contributed by atoms with Gasteiger partial charge in [0.15, 0.2) is 12.1 Å². The molecule has 15 heavy (non-hydrogen) atoms. The van der Waals surface area contributed by atoms with Crippen LogP contribution in [0.1, 0.15) is 22.5 Å². The molecule has 1 aliphatic rings. The Morgan fingerprint density at radius 3 is 2.80 bits per heavy atom. The average Bonchev–Trinajstić information content (AvgIpc) is 2.71. The molecule has 1 fully saturated rings. The number of ketones is 1. The van der Waals surface area contributed by atoms with Crippen molar-refractivity contribution in [1.29, 1.82) is 0 Å². The molecule has 1 aromatic rings. The predicted octanol–water partition coefficient (Wildman–Crippen LogP) is 1.34. The number of ether oxygens (including phenoxy) is 2. The van der Waals surface area contributed by atoms with Crippen LogP contribution in [0.5, 0.6) is 0 Å². The molecule has 1 aromatic heterocycles. The number of aryl methyl sites for hydroxylation is 1. The van der Waals surface area contributed by atoms with E-state index in [9.17, 15) is 4.79 Å². The van der Waals surface area contributed by atoms with E-state index in [0.717, 1.165) is 5.69 Å². The smallest absolute Gasteiger partial charge is 0.169 e. The molecule has 2 rings (SSSR count). The van der Waals surface area contributed by atoms with Crippen molar-refractivity contribution in [2.24, 2.45) is 0 Å². The number of Topliss-reactive ketones (excluding diaryl/α,β-unsaturated/α-hetero) is 1. The Labute approximate surface area is 88.2 Å². The molecular formula is C11H13NO3. The fourth-order valence-corrected chi connectivity index (χ4v) is 1.43. The van der Waals surface area contributed by atoms with Crippen molar-refractivity contribution in [3.8, 4) is 0 Å². The molecule has 0 saturated carbocycles. The normalized spacial score (nSPS) is 16.9. The number of hydrogen-bond donors (Lipinski definition) is 0. The Balaban J connectivity index is 1.98. The molecule has 1 aliphatic heterocycles. The minimum atomic E-state index is -0.376. The highest BCUT2D eigenvalue weighted by molar-refractivity contribution is 5.95. The minimum Gasteiger partial charge on any atom is -0.350 e. The molecule has 4 heteroatoms. The summed E-state index contributed by atoms with van der Waals surface area (Å²) in [5, 5.41) is 0. The zero-order valence-corrected chi connectivity index (χ0v) is 8.60. The highest BCUT2D eigenvalue weighted by Crippen LogP contribution is 2.12. The molecule has 1 saturated heterocycles. The third kappa shape index (κ3) is 2.61. The molecule has 0 unspecified atom stereocenters. The van der Waals surface area contributed by atoms with Gasteiger partial charge in [0.2, 0.25) is 0 Å². The predicted molar refractivity (Wildman–Crippen MR) is 53.6 cm³/mol. The second-order valence-electron chi connectivity index (χ2n) is 3.49. The fraction of sp³-hybridized carbons (Fsp3) is 0.455. The van der Waals surface area contributed by atoms with Gasteiger partial charge in [-0.25, -0.2) is 0 Å². The van der Waals surface area contributed by atoms with Crippen LogP contribution in [-0.2, 0) is 9.47 Å². The van der Waals surface area contributed by atoms with Crippen molar-refractivity contribution < 1.29 is 14.3 Å². The molecule has 4 nitrogen and oxygen atoms in total. The van der Waals surface area contributed by atoms with Crippen LogP contribution in [0.15, 0.2) is 18.3 Å². The van der Waals surface area contributed by atoms with Crippen LogP contribution in [0, 0.1) is 6.92 Å². The van der Waals surface area contributed by atoms with E-state index in [4.69, 9.17) is 9.47 Å². The Bertz CT molecular complexity index is 341. The van der Waals surface area contributed by atoms with Crippen LogP contribution in [0.3, 0.4) is 0 Å². The maximum atomic E-state index is 11.7. The van der Waals surface area contributed by atoms with Gasteiger partial charge in [0.25, 0.3) is 0 Å². The Kier molecular flexibility index (Phi) is 3.08. The van der Waals surface area contributed by atoms with E-state index in [1.807, 2.05) is 13.0 Å². The Morgan fingerprint density at radius 1 is 1.47 bits per heavy atom. The maximum absolute atomic E-state index is 11.7. The SMILES string of the molecule is Cc1ccc(C(=O)CC2OCCO2)cn1. The lowest BCUT2D eigenvalue weighted by molar-refractivity contribution is -0.0407. The van der Waals surface area contributed by atoms with Gasteiger partial charge in [0, 0.05) is 17.5 Å². The quantitative estimate of drug-likeness (QED) is 0.702. The molecule has 0 amide bonds. The Hall–Kier alpha value is -1.26. The summed E-state index contributed by atoms with van der Waals surface area (Å²) in [5.41, 5.74) is 1.51. The van der Waals surface area contributed by atoms with E-state index >= 15 is 0 Å². The van der Waals surface area contributed by atoms with Crippen molar-refractivity contribution in [3.05, 3.63) is 29.6 Å². The largest absolute Gasteiger partial charge is 0.350 e. The lowest BCUT2D eigenvalue weighted by atomic mass is 10.1. The summed E-state index contributed by atoms with van der Waals surface area (Å²) in [6.45, 7) is 3.03. The summed E-state index contributed by atoms with van der Waals surface area (Å²) in [6, 6.07) is 3.60. The number of aromatic nitrogens is 1. The fourth-order valence-electron chi connectivity index (χ4n) is 1.43. The lowest BCUT2D eigenvalue weighted by Crippen LogP contribution is -2.14. The van der Waals surface area contributed by atoms with Crippen molar-refractivity contribution in [1.82, 2.24) is 4.98 Å². The maximum Gasteiger partial charge on any atom is 0.169 e. The first kappa shape index (κ1) is 10.3. The van der Waals surface area contributed by atoms with Crippen LogP contribution in [0.4, 0.5) is 0 Å². The van der Waals surface area contributed by atoms with E-state index in [1.165, 1.54) is 0 Å². The second kappa shape index (κ2) is 4.51. The summed E-state index contributed by atoms with van der Waals surface area (Å²) in [5.74, 6) is 0.00870. The molecule has 80 valence electrons. The van der Waals surface area contributed by atoms with Crippen LogP contribution >= 0.6 is 0 Å². The van der Waals surface area contributed by atoms with Crippen molar-refractivity contribution in [2.45, 2.75) is 19.6 Å². The molecule has 2 heterocycles. The summed E-state index contributed by atoms with van der Waals surface area (Å²) < 4.78 is 10.4. The zero-order valence-electron chi connectivity index (χ0n) is 8.60. The summed E-state index contributed by atoms with van der Waals surface area (Å²) in [4.78, 5) is 15.8. The summed E-state index contributed by atoms with van der Waals surface area (Å²) in [7, 11) is 0. The van der Waals surface area contributed by atoms with Crippen molar-refractivity contribution in [2.75, 3.05) is 13.2 Å². The van der Waals surface area contributed by atoms with E-state index in [-0.39, 0.29) is 18.5 Å². The number of hydrogen-bond acceptors (Lipinski definition) is 4. The molecule has 0 aromatic carbocycles. The first-order valence-electron chi connectivity index (χ1n) is 4.95. The number of carbonyl (C=O) groups is 1. The van der Waals surface area contributed by atoms with Crippen LogP contribution in [0.25, 0.3) is 0 Å². The summed E-state index contributed by atoms with van der Waals surface area (Å²) >= 11 is 0. The van der Waals surface area contributed by atoms with Crippen LogP contribution in [0.2, 0.25) is 0 Å². The van der Waals surface area contributed by atoms with E-state index < -0.39 is 0 Å². The van der Waals surface area contributed by atoms with Gasteiger partial charge >= 0.3 is 0 Å². The number of carbonyl (C=O) groups excluding carboxylic acids is 1. The van der Waals surface area contributed by atoms with Gasteiger partial charge in [-0.2, -0.15) is 0 Å². The minimum absolute atomic E-state index is 0.00870. The molecule has 0 spiro atoms. The van der Waals surface area contributed by atoms with Gasteiger partial charge in [-0.3, -0.25) is 9.78 Å². The van der Waals surface area contributed by atoms with Crippen LogP contribution < -0.4 is 0 Å². The van der Waals surface area contributed by atoms with Gasteiger partial charge in [-0.1, -0.05) is 0 Å². The van der Waals surface area contributed by atoms with E-state index in [2.05, 4.69) is 4.98 Å². The molecule has 0 aliphatic carbocycles. The molecule has 0 bridgehead atoms. The Morgan fingerprint density at radius 2 is 2.20 bits per heavy atom. The zero-order chi connectivity index (χ0) is 10.7. The molecular weight excluding hydrogens is 194 g/mol. The molecule has 0 atom stereocenters. The second-order valence-corrected chi connectivity index (χ2v) is 3.49. The van der Waals surface area contributed by atoms with Crippen LogP contribution in [-0.4, -0.2) is 30.3 Å². The third-order valence-corrected chi connectivity index (χ3v) is 2.28. The molecule has 0 N–H and O–H groups in total. The third-order valence-electron chi connectivity index (χ3n) is 2.28. The molecule has 0 radical (unpaired) electrons. The number of pyridine rings is 1. The topological polar surface area (TPSA) is 48.4 Å². The first-order valence-corrected chi connectivity index (χ1v) is 4.95. The van der Waals surface area contributed by atoms with Gasteiger partial charge < -0.3 is 9.47 Å². The summed E-state index contributed by atoms with van der Waals surface area (Å²) in [6.07, 6.45) is 1.48. The van der Waals surface area contributed by atoms with Gasteiger partial charge in [0.05, 0.1) is 19.6 Å². The van der Waals surface area contributed by atoms with Crippen molar-refractivity contribution in [3.63, 3.8) is 0 Å². The average molecular weight is 207 g/mol. The lowest BCUT2D eigenvalue weighted by Gasteiger charge is -2.07. The van der Waals surface area contributed by atoms with Gasteiger partial charge in [-0.05, 0) is 19.1 Å².